The van der Waals surface area contributed by atoms with E-state index in [9.17, 15) is 13.2 Å². The summed E-state index contributed by atoms with van der Waals surface area (Å²) in [5.41, 5.74) is 1.97. The molecule has 0 N–H and O–H groups in total. The van der Waals surface area contributed by atoms with Gasteiger partial charge in [-0.1, -0.05) is 30.3 Å². The van der Waals surface area contributed by atoms with E-state index in [1.807, 2.05) is 18.2 Å². The van der Waals surface area contributed by atoms with Gasteiger partial charge in [0, 0.05) is 31.3 Å². The SMILES string of the molecule is Cn1cc([C@@H]2CS(=O)(=O)CCN2C(=O)[C@@H]2C[C@H]2c2ccccc2)cn1. The molecule has 6 nitrogen and oxygen atoms in total. The van der Waals surface area contributed by atoms with E-state index in [0.29, 0.717) is 0 Å². The third kappa shape index (κ3) is 3.20. The van der Waals surface area contributed by atoms with E-state index in [2.05, 4.69) is 17.2 Å². The minimum Gasteiger partial charge on any atom is -0.333 e. The monoisotopic (exact) mass is 359 g/mol. The van der Waals surface area contributed by atoms with E-state index < -0.39 is 15.9 Å². The van der Waals surface area contributed by atoms with Crippen molar-refractivity contribution < 1.29 is 13.2 Å². The number of benzene rings is 1. The number of sulfone groups is 1. The van der Waals surface area contributed by atoms with Gasteiger partial charge in [0.15, 0.2) is 9.84 Å². The highest BCUT2D eigenvalue weighted by molar-refractivity contribution is 7.91. The summed E-state index contributed by atoms with van der Waals surface area (Å²) < 4.78 is 25.9. The number of hydrogen-bond acceptors (Lipinski definition) is 4. The highest BCUT2D eigenvalue weighted by Crippen LogP contribution is 2.49. The smallest absolute Gasteiger partial charge is 0.226 e. The molecule has 132 valence electrons. The Hall–Kier alpha value is -2.15. The molecule has 4 rings (SSSR count). The lowest BCUT2D eigenvalue weighted by atomic mass is 10.1. The average molecular weight is 359 g/mol. The van der Waals surface area contributed by atoms with Gasteiger partial charge in [-0.2, -0.15) is 5.10 Å². The zero-order chi connectivity index (χ0) is 17.6. The molecule has 0 unspecified atom stereocenters. The van der Waals surface area contributed by atoms with Crippen LogP contribution < -0.4 is 0 Å². The molecule has 0 radical (unpaired) electrons. The Morgan fingerprint density at radius 3 is 2.64 bits per heavy atom. The number of aryl methyl sites for hydroxylation is 1. The largest absolute Gasteiger partial charge is 0.333 e. The summed E-state index contributed by atoms with van der Waals surface area (Å²) in [6, 6.07) is 9.62. The second-order valence-corrected chi connectivity index (χ2v) is 9.20. The molecule has 3 atom stereocenters. The molecule has 1 aromatic carbocycles. The fourth-order valence-electron chi connectivity index (χ4n) is 3.71. The summed E-state index contributed by atoms with van der Waals surface area (Å²) in [5, 5.41) is 4.14. The molecule has 7 heteroatoms. The van der Waals surface area contributed by atoms with Gasteiger partial charge in [0.1, 0.15) is 0 Å². The normalized spacial score (nSPS) is 27.9. The Kier molecular flexibility index (Phi) is 3.91. The molecule has 2 aromatic rings. The van der Waals surface area contributed by atoms with Crippen LogP contribution in [0.3, 0.4) is 0 Å². The van der Waals surface area contributed by atoms with Crippen molar-refractivity contribution in [3.8, 4) is 0 Å². The van der Waals surface area contributed by atoms with E-state index in [1.54, 1.807) is 29.0 Å². The second kappa shape index (κ2) is 5.98. The Bertz CT molecular complexity index is 891. The highest BCUT2D eigenvalue weighted by Gasteiger charge is 2.48. The van der Waals surface area contributed by atoms with Crippen LogP contribution in [0, 0.1) is 5.92 Å². The van der Waals surface area contributed by atoms with Gasteiger partial charge in [-0.15, -0.1) is 0 Å². The lowest BCUT2D eigenvalue weighted by Gasteiger charge is -2.35. The van der Waals surface area contributed by atoms with Crippen molar-refractivity contribution in [3.63, 3.8) is 0 Å². The van der Waals surface area contributed by atoms with E-state index >= 15 is 0 Å². The number of hydrogen-bond donors (Lipinski definition) is 0. The molecule has 1 aliphatic carbocycles. The van der Waals surface area contributed by atoms with Gasteiger partial charge in [0.25, 0.3) is 0 Å². The minimum absolute atomic E-state index is 0.0207. The lowest BCUT2D eigenvalue weighted by Crippen LogP contribution is -2.46. The van der Waals surface area contributed by atoms with E-state index in [-0.39, 0.29) is 35.8 Å². The number of nitrogens with zero attached hydrogens (tertiary/aromatic N) is 3. The molecular formula is C18H21N3O3S. The van der Waals surface area contributed by atoms with Crippen LogP contribution in [0.5, 0.6) is 0 Å². The predicted octanol–water partition coefficient (Wildman–Crippen LogP) is 1.52. The number of carbonyl (C=O) groups is 1. The predicted molar refractivity (Wildman–Crippen MR) is 93.6 cm³/mol. The number of rotatable bonds is 3. The molecule has 1 aliphatic heterocycles. The van der Waals surface area contributed by atoms with Crippen LogP contribution in [0.1, 0.15) is 29.5 Å². The topological polar surface area (TPSA) is 72.3 Å². The van der Waals surface area contributed by atoms with Crippen molar-refractivity contribution in [1.82, 2.24) is 14.7 Å². The maximum atomic E-state index is 13.0. The lowest BCUT2D eigenvalue weighted by molar-refractivity contribution is -0.134. The first kappa shape index (κ1) is 16.3. The Balaban J connectivity index is 1.56. The van der Waals surface area contributed by atoms with Crippen molar-refractivity contribution in [2.45, 2.75) is 18.4 Å². The van der Waals surface area contributed by atoms with Crippen LogP contribution in [-0.4, -0.2) is 47.1 Å². The highest BCUT2D eigenvalue weighted by atomic mass is 32.2. The van der Waals surface area contributed by atoms with E-state index in [0.717, 1.165) is 12.0 Å². The van der Waals surface area contributed by atoms with Gasteiger partial charge in [-0.25, -0.2) is 8.42 Å². The molecule has 2 heterocycles. The van der Waals surface area contributed by atoms with Gasteiger partial charge in [-0.05, 0) is 17.9 Å². The fraction of sp³-hybridized carbons (Fsp3) is 0.444. The summed E-state index contributed by atoms with van der Waals surface area (Å²) in [6.45, 7) is 0.263. The van der Waals surface area contributed by atoms with Gasteiger partial charge in [0.05, 0.1) is 23.7 Å². The third-order valence-electron chi connectivity index (χ3n) is 5.16. The molecule has 0 spiro atoms. The maximum absolute atomic E-state index is 13.0. The van der Waals surface area contributed by atoms with Crippen LogP contribution in [-0.2, 0) is 21.7 Å². The van der Waals surface area contributed by atoms with Crippen LogP contribution in [0.25, 0.3) is 0 Å². The number of amides is 1. The van der Waals surface area contributed by atoms with Gasteiger partial charge >= 0.3 is 0 Å². The van der Waals surface area contributed by atoms with Gasteiger partial charge in [0.2, 0.25) is 5.91 Å². The van der Waals surface area contributed by atoms with E-state index in [1.165, 1.54) is 5.56 Å². The van der Waals surface area contributed by atoms with Crippen LogP contribution in [0.4, 0.5) is 0 Å². The molecular weight excluding hydrogens is 338 g/mol. The van der Waals surface area contributed by atoms with Crippen molar-refractivity contribution >= 4 is 15.7 Å². The molecule has 1 saturated heterocycles. The molecule has 1 amide bonds. The molecule has 1 aromatic heterocycles. The Morgan fingerprint density at radius 2 is 1.96 bits per heavy atom. The van der Waals surface area contributed by atoms with Crippen LogP contribution in [0.2, 0.25) is 0 Å². The first-order valence-electron chi connectivity index (χ1n) is 8.49. The minimum atomic E-state index is -3.14. The van der Waals surface area contributed by atoms with Crippen molar-refractivity contribution in [3.05, 3.63) is 53.9 Å². The van der Waals surface area contributed by atoms with Gasteiger partial charge in [-0.3, -0.25) is 9.48 Å². The molecule has 1 saturated carbocycles. The molecule has 2 aliphatic rings. The standard InChI is InChI=1S/C18H21N3O3S/c1-20-11-14(10-19-20)17-12-25(23,24)8-7-21(17)18(22)16-9-15(16)13-5-3-2-4-6-13/h2-6,10-11,15-17H,7-9,12H2,1H3/t15-,16+,17-/m0/s1. The van der Waals surface area contributed by atoms with Crippen molar-refractivity contribution in [2.75, 3.05) is 18.1 Å². The second-order valence-electron chi connectivity index (χ2n) is 6.97. The molecule has 2 fully saturated rings. The number of carbonyl (C=O) groups excluding carboxylic acids is 1. The number of aromatic nitrogens is 2. The molecule has 25 heavy (non-hydrogen) atoms. The first-order valence-corrected chi connectivity index (χ1v) is 10.3. The van der Waals surface area contributed by atoms with Crippen LogP contribution in [0.15, 0.2) is 42.7 Å². The van der Waals surface area contributed by atoms with Crippen molar-refractivity contribution in [1.29, 1.82) is 0 Å². The first-order chi connectivity index (χ1) is 11.9. The summed E-state index contributed by atoms with van der Waals surface area (Å²) in [6.07, 6.45) is 4.30. The summed E-state index contributed by atoms with van der Waals surface area (Å²) >= 11 is 0. The van der Waals surface area contributed by atoms with Crippen LogP contribution >= 0.6 is 0 Å². The summed E-state index contributed by atoms with van der Waals surface area (Å²) in [5.74, 6) is 0.299. The zero-order valence-electron chi connectivity index (χ0n) is 14.1. The summed E-state index contributed by atoms with van der Waals surface area (Å²) in [7, 11) is -1.35. The third-order valence-corrected chi connectivity index (χ3v) is 6.79. The summed E-state index contributed by atoms with van der Waals surface area (Å²) in [4.78, 5) is 14.8. The zero-order valence-corrected chi connectivity index (χ0v) is 14.9. The fourth-order valence-corrected chi connectivity index (χ4v) is 5.20. The Labute approximate surface area is 147 Å². The van der Waals surface area contributed by atoms with Gasteiger partial charge < -0.3 is 4.90 Å². The van der Waals surface area contributed by atoms with Crippen molar-refractivity contribution in [2.24, 2.45) is 13.0 Å². The van der Waals surface area contributed by atoms with E-state index in [4.69, 9.17) is 0 Å². The quantitative estimate of drug-likeness (QED) is 0.833. The molecule has 0 bridgehead atoms. The average Bonchev–Trinajstić information content (AvgIpc) is 3.28. The maximum Gasteiger partial charge on any atom is 0.226 e. The Morgan fingerprint density at radius 1 is 1.20 bits per heavy atom.